The van der Waals surface area contributed by atoms with Gasteiger partial charge in [-0.2, -0.15) is 5.10 Å². The van der Waals surface area contributed by atoms with E-state index in [1.165, 1.54) is 0 Å². The van der Waals surface area contributed by atoms with Crippen LogP contribution >= 0.6 is 0 Å². The first kappa shape index (κ1) is 11.2. The van der Waals surface area contributed by atoms with Crippen molar-refractivity contribution >= 4 is 0 Å². The highest BCUT2D eigenvalue weighted by Gasteiger charge is 2.17. The minimum atomic E-state index is -0.400. The molecule has 0 fully saturated rings. The van der Waals surface area contributed by atoms with Crippen molar-refractivity contribution in [3.8, 4) is 0 Å². The molecular weight excluding hydrogens is 176 g/mol. The van der Waals surface area contributed by atoms with Crippen LogP contribution in [-0.2, 0) is 13.0 Å². The molecule has 3 heteroatoms. The van der Waals surface area contributed by atoms with Crippen LogP contribution in [0.25, 0.3) is 0 Å². The van der Waals surface area contributed by atoms with Crippen molar-refractivity contribution in [3.63, 3.8) is 0 Å². The molecule has 0 radical (unpaired) electrons. The zero-order chi connectivity index (χ0) is 10.7. The van der Waals surface area contributed by atoms with Crippen molar-refractivity contribution in [3.05, 3.63) is 17.5 Å². The van der Waals surface area contributed by atoms with Gasteiger partial charge in [0.05, 0.1) is 17.5 Å². The zero-order valence-corrected chi connectivity index (χ0v) is 9.49. The Bertz CT molecular complexity index is 291. The molecule has 3 nitrogen and oxygen atoms in total. The minimum absolute atomic E-state index is 0.238. The summed E-state index contributed by atoms with van der Waals surface area (Å²) in [6.45, 7) is 8.97. The van der Waals surface area contributed by atoms with E-state index in [9.17, 15) is 5.11 Å². The molecule has 80 valence electrons. The Labute approximate surface area is 85.8 Å². The summed E-state index contributed by atoms with van der Waals surface area (Å²) in [4.78, 5) is 0. The van der Waals surface area contributed by atoms with Crippen LogP contribution in [0.2, 0.25) is 0 Å². The average molecular weight is 196 g/mol. The Morgan fingerprint density at radius 1 is 1.43 bits per heavy atom. The third-order valence-electron chi connectivity index (χ3n) is 2.46. The predicted molar refractivity (Wildman–Crippen MR) is 57.1 cm³/mol. The minimum Gasteiger partial charge on any atom is -0.387 e. The van der Waals surface area contributed by atoms with Crippen LogP contribution in [0.15, 0.2) is 6.07 Å². The molecule has 0 spiro atoms. The Morgan fingerprint density at radius 2 is 2.07 bits per heavy atom. The topological polar surface area (TPSA) is 38.0 Å². The molecule has 0 aliphatic carbocycles. The van der Waals surface area contributed by atoms with Crippen molar-refractivity contribution < 1.29 is 5.11 Å². The number of rotatable bonds is 4. The first-order chi connectivity index (χ1) is 6.60. The summed E-state index contributed by atoms with van der Waals surface area (Å²) in [6, 6.07) is 2.01. The number of aliphatic hydroxyl groups is 1. The van der Waals surface area contributed by atoms with Gasteiger partial charge in [0.1, 0.15) is 0 Å². The second-order valence-corrected chi connectivity index (χ2v) is 3.92. The van der Waals surface area contributed by atoms with Crippen molar-refractivity contribution in [1.29, 1.82) is 0 Å². The lowest BCUT2D eigenvalue weighted by Crippen LogP contribution is -2.12. The van der Waals surface area contributed by atoms with Gasteiger partial charge < -0.3 is 5.11 Å². The Balaban J connectivity index is 2.99. The van der Waals surface area contributed by atoms with E-state index in [2.05, 4.69) is 12.0 Å². The van der Waals surface area contributed by atoms with E-state index in [1.807, 2.05) is 31.5 Å². The first-order valence-electron chi connectivity index (χ1n) is 5.34. The largest absolute Gasteiger partial charge is 0.387 e. The van der Waals surface area contributed by atoms with Gasteiger partial charge in [0.2, 0.25) is 0 Å². The van der Waals surface area contributed by atoms with Crippen LogP contribution in [0.1, 0.15) is 45.2 Å². The maximum absolute atomic E-state index is 9.96. The second kappa shape index (κ2) is 4.60. The van der Waals surface area contributed by atoms with Crippen LogP contribution in [0.5, 0.6) is 0 Å². The SMILES string of the molecule is CCc1cc(C(O)C(C)C)n(CC)n1. The molecule has 0 bridgehead atoms. The Kier molecular flexibility index (Phi) is 3.69. The van der Waals surface area contributed by atoms with Gasteiger partial charge in [-0.1, -0.05) is 20.8 Å². The molecule has 1 unspecified atom stereocenters. The molecule has 0 aliphatic rings. The average Bonchev–Trinajstić information content (AvgIpc) is 2.59. The van der Waals surface area contributed by atoms with Crippen molar-refractivity contribution in [2.45, 2.75) is 46.8 Å². The highest BCUT2D eigenvalue weighted by molar-refractivity contribution is 5.13. The van der Waals surface area contributed by atoms with E-state index in [1.54, 1.807) is 0 Å². The second-order valence-electron chi connectivity index (χ2n) is 3.92. The smallest absolute Gasteiger partial charge is 0.0979 e. The molecule has 0 amide bonds. The first-order valence-corrected chi connectivity index (χ1v) is 5.34. The summed E-state index contributed by atoms with van der Waals surface area (Å²) in [5.41, 5.74) is 2.00. The summed E-state index contributed by atoms with van der Waals surface area (Å²) < 4.78 is 1.89. The van der Waals surface area contributed by atoms with E-state index in [0.29, 0.717) is 0 Å². The highest BCUT2D eigenvalue weighted by Crippen LogP contribution is 2.22. The predicted octanol–water partition coefficient (Wildman–Crippen LogP) is 2.15. The van der Waals surface area contributed by atoms with E-state index in [4.69, 9.17) is 0 Å². The summed E-state index contributed by atoms with van der Waals surface area (Å²) in [6.07, 6.45) is 0.521. The quantitative estimate of drug-likeness (QED) is 0.801. The van der Waals surface area contributed by atoms with Crippen LogP contribution in [0.4, 0.5) is 0 Å². The number of hydrogen-bond acceptors (Lipinski definition) is 2. The van der Waals surface area contributed by atoms with Gasteiger partial charge in [-0.3, -0.25) is 4.68 Å². The van der Waals surface area contributed by atoms with Gasteiger partial charge in [0.25, 0.3) is 0 Å². The standard InChI is InChI=1S/C11H20N2O/c1-5-9-7-10(11(14)8(3)4)13(6-2)12-9/h7-8,11,14H,5-6H2,1-4H3. The monoisotopic (exact) mass is 196 g/mol. The van der Waals surface area contributed by atoms with Crippen molar-refractivity contribution in [2.24, 2.45) is 5.92 Å². The fraction of sp³-hybridized carbons (Fsp3) is 0.727. The summed E-state index contributed by atoms with van der Waals surface area (Å²) >= 11 is 0. The molecule has 0 aliphatic heterocycles. The molecular formula is C11H20N2O. The molecule has 1 N–H and O–H groups in total. The van der Waals surface area contributed by atoms with Crippen LogP contribution in [0, 0.1) is 5.92 Å². The van der Waals surface area contributed by atoms with Gasteiger partial charge in [-0.25, -0.2) is 0 Å². The maximum Gasteiger partial charge on any atom is 0.0979 e. The number of aryl methyl sites for hydroxylation is 2. The van der Waals surface area contributed by atoms with Crippen LogP contribution in [0.3, 0.4) is 0 Å². The molecule has 14 heavy (non-hydrogen) atoms. The van der Waals surface area contributed by atoms with Gasteiger partial charge in [0.15, 0.2) is 0 Å². The van der Waals surface area contributed by atoms with E-state index in [0.717, 1.165) is 24.4 Å². The number of aromatic nitrogens is 2. The molecule has 0 saturated carbocycles. The van der Waals surface area contributed by atoms with Gasteiger partial charge in [-0.05, 0) is 25.3 Å². The van der Waals surface area contributed by atoms with E-state index >= 15 is 0 Å². The molecule has 1 atom stereocenters. The van der Waals surface area contributed by atoms with Gasteiger partial charge in [0, 0.05) is 6.54 Å². The molecule has 1 aromatic rings. The third kappa shape index (κ3) is 2.15. The molecule has 1 heterocycles. The molecule has 0 aromatic carbocycles. The normalized spacial score (nSPS) is 13.6. The van der Waals surface area contributed by atoms with E-state index in [-0.39, 0.29) is 5.92 Å². The molecule has 1 rings (SSSR count). The molecule has 1 aromatic heterocycles. The summed E-state index contributed by atoms with van der Waals surface area (Å²) in [5.74, 6) is 0.238. The highest BCUT2D eigenvalue weighted by atomic mass is 16.3. The lowest BCUT2D eigenvalue weighted by atomic mass is 10.0. The Hall–Kier alpha value is -0.830. The lowest BCUT2D eigenvalue weighted by molar-refractivity contribution is 0.117. The number of nitrogens with zero attached hydrogens (tertiary/aromatic N) is 2. The van der Waals surface area contributed by atoms with Gasteiger partial charge in [-0.15, -0.1) is 0 Å². The number of hydrogen-bond donors (Lipinski definition) is 1. The fourth-order valence-electron chi connectivity index (χ4n) is 1.49. The van der Waals surface area contributed by atoms with Crippen molar-refractivity contribution in [2.75, 3.05) is 0 Å². The zero-order valence-electron chi connectivity index (χ0n) is 9.49. The lowest BCUT2D eigenvalue weighted by Gasteiger charge is -2.15. The van der Waals surface area contributed by atoms with Crippen molar-refractivity contribution in [1.82, 2.24) is 9.78 Å². The van der Waals surface area contributed by atoms with Crippen LogP contribution in [-0.4, -0.2) is 14.9 Å². The van der Waals surface area contributed by atoms with E-state index < -0.39 is 6.10 Å². The van der Waals surface area contributed by atoms with Gasteiger partial charge >= 0.3 is 0 Å². The number of aliphatic hydroxyl groups excluding tert-OH is 1. The molecule has 0 saturated heterocycles. The summed E-state index contributed by atoms with van der Waals surface area (Å²) in [7, 11) is 0. The fourth-order valence-corrected chi connectivity index (χ4v) is 1.49. The van der Waals surface area contributed by atoms with Crippen LogP contribution < -0.4 is 0 Å². The Morgan fingerprint density at radius 3 is 2.50 bits per heavy atom. The third-order valence-corrected chi connectivity index (χ3v) is 2.46. The summed E-state index contributed by atoms with van der Waals surface area (Å²) in [5, 5.41) is 14.4. The maximum atomic E-state index is 9.96.